The summed E-state index contributed by atoms with van der Waals surface area (Å²) in [6.45, 7) is 1.38. The lowest BCUT2D eigenvalue weighted by Gasteiger charge is -2.02. The highest BCUT2D eigenvalue weighted by molar-refractivity contribution is 5.89. The molecule has 0 spiro atoms. The maximum atomic E-state index is 10.9. The fraction of sp³-hybridized carbons (Fsp3) is 0.100. The standard InChI is InChI=1S/C10H9N3O3/c1-6(14)12-9-4-11-8-3-2-7(10(15)16)5-13(8)9/h2-5H,1H3,(H,12,14)(H,15,16). The van der Waals surface area contributed by atoms with Crippen molar-refractivity contribution in [2.75, 3.05) is 5.32 Å². The van der Waals surface area contributed by atoms with Gasteiger partial charge in [0.05, 0.1) is 11.8 Å². The Kier molecular flexibility index (Phi) is 2.32. The van der Waals surface area contributed by atoms with Gasteiger partial charge in [-0.05, 0) is 12.1 Å². The predicted molar refractivity (Wildman–Crippen MR) is 56.5 cm³/mol. The summed E-state index contributed by atoms with van der Waals surface area (Å²) >= 11 is 0. The minimum atomic E-state index is -1.02. The van der Waals surface area contributed by atoms with Gasteiger partial charge in [0.15, 0.2) is 0 Å². The summed E-state index contributed by atoms with van der Waals surface area (Å²) in [4.78, 5) is 25.7. The van der Waals surface area contributed by atoms with Crippen molar-refractivity contribution in [3.8, 4) is 0 Å². The third-order valence-electron chi connectivity index (χ3n) is 2.06. The van der Waals surface area contributed by atoms with E-state index in [-0.39, 0.29) is 11.5 Å². The number of nitrogens with zero attached hydrogens (tertiary/aromatic N) is 2. The monoisotopic (exact) mass is 219 g/mol. The normalized spacial score (nSPS) is 10.3. The number of carboxylic acid groups (broad SMARTS) is 1. The van der Waals surface area contributed by atoms with Crippen LogP contribution in [-0.2, 0) is 4.79 Å². The van der Waals surface area contributed by atoms with Gasteiger partial charge in [0, 0.05) is 13.1 Å². The number of rotatable bonds is 2. The molecule has 16 heavy (non-hydrogen) atoms. The maximum absolute atomic E-state index is 10.9. The van der Waals surface area contributed by atoms with Gasteiger partial charge < -0.3 is 10.4 Å². The van der Waals surface area contributed by atoms with E-state index in [9.17, 15) is 9.59 Å². The summed E-state index contributed by atoms with van der Waals surface area (Å²) in [5, 5.41) is 11.4. The Morgan fingerprint density at radius 2 is 2.19 bits per heavy atom. The molecule has 6 heteroatoms. The molecular formula is C10H9N3O3. The molecule has 0 aromatic carbocycles. The SMILES string of the molecule is CC(=O)Nc1cnc2ccc(C(=O)O)cn12. The molecule has 0 bridgehead atoms. The zero-order valence-electron chi connectivity index (χ0n) is 8.47. The lowest BCUT2D eigenvalue weighted by molar-refractivity contribution is -0.114. The molecule has 82 valence electrons. The molecule has 2 aromatic rings. The summed E-state index contributed by atoms with van der Waals surface area (Å²) in [6.07, 6.45) is 2.89. The van der Waals surface area contributed by atoms with Gasteiger partial charge in [-0.15, -0.1) is 0 Å². The molecule has 1 amide bonds. The van der Waals surface area contributed by atoms with E-state index in [1.54, 1.807) is 6.07 Å². The first kappa shape index (κ1) is 10.2. The highest BCUT2D eigenvalue weighted by Crippen LogP contribution is 2.13. The van der Waals surface area contributed by atoms with Crippen LogP contribution in [0.15, 0.2) is 24.5 Å². The van der Waals surface area contributed by atoms with Crippen LogP contribution in [0.5, 0.6) is 0 Å². The minimum Gasteiger partial charge on any atom is -0.478 e. The van der Waals surface area contributed by atoms with Gasteiger partial charge in [0.25, 0.3) is 0 Å². The number of nitrogens with one attached hydrogen (secondary N) is 1. The van der Waals surface area contributed by atoms with Crippen LogP contribution in [0.2, 0.25) is 0 Å². The number of carboxylic acids is 1. The van der Waals surface area contributed by atoms with E-state index in [0.717, 1.165) is 0 Å². The number of carbonyl (C=O) groups excluding carboxylic acids is 1. The Labute approximate surface area is 90.5 Å². The number of pyridine rings is 1. The Balaban J connectivity index is 2.55. The molecule has 2 heterocycles. The van der Waals surface area contributed by atoms with E-state index in [0.29, 0.717) is 11.5 Å². The van der Waals surface area contributed by atoms with Crippen LogP contribution >= 0.6 is 0 Å². The number of imidazole rings is 1. The quantitative estimate of drug-likeness (QED) is 0.788. The van der Waals surface area contributed by atoms with E-state index in [4.69, 9.17) is 5.11 Å². The number of hydrogen-bond donors (Lipinski definition) is 2. The summed E-state index contributed by atoms with van der Waals surface area (Å²) < 4.78 is 1.52. The van der Waals surface area contributed by atoms with E-state index >= 15 is 0 Å². The van der Waals surface area contributed by atoms with Gasteiger partial charge in [-0.3, -0.25) is 9.20 Å². The number of aromatic carboxylic acids is 1. The van der Waals surface area contributed by atoms with Crippen molar-refractivity contribution in [1.29, 1.82) is 0 Å². The van der Waals surface area contributed by atoms with Crippen LogP contribution in [-0.4, -0.2) is 26.4 Å². The first-order valence-corrected chi connectivity index (χ1v) is 4.56. The van der Waals surface area contributed by atoms with Crippen LogP contribution in [0.4, 0.5) is 5.82 Å². The predicted octanol–water partition coefficient (Wildman–Crippen LogP) is 0.991. The van der Waals surface area contributed by atoms with E-state index < -0.39 is 5.97 Å². The minimum absolute atomic E-state index is 0.136. The second-order valence-electron chi connectivity index (χ2n) is 3.28. The van der Waals surface area contributed by atoms with Gasteiger partial charge in [-0.25, -0.2) is 9.78 Å². The van der Waals surface area contributed by atoms with E-state index in [1.165, 1.54) is 29.8 Å². The summed E-state index contributed by atoms with van der Waals surface area (Å²) in [5.41, 5.74) is 0.714. The highest BCUT2D eigenvalue weighted by atomic mass is 16.4. The Morgan fingerprint density at radius 3 is 2.81 bits per heavy atom. The number of aromatic nitrogens is 2. The lowest BCUT2D eigenvalue weighted by atomic mass is 10.3. The van der Waals surface area contributed by atoms with Crippen LogP contribution < -0.4 is 5.32 Å². The van der Waals surface area contributed by atoms with Crippen molar-refractivity contribution in [2.24, 2.45) is 0 Å². The highest BCUT2D eigenvalue weighted by Gasteiger charge is 2.08. The number of anilines is 1. The van der Waals surface area contributed by atoms with Crippen molar-refractivity contribution >= 4 is 23.3 Å². The third-order valence-corrected chi connectivity index (χ3v) is 2.06. The Hall–Kier alpha value is -2.37. The molecule has 0 aliphatic heterocycles. The largest absolute Gasteiger partial charge is 0.478 e. The number of hydrogen-bond acceptors (Lipinski definition) is 3. The number of carbonyl (C=O) groups is 2. The molecule has 2 aromatic heterocycles. The fourth-order valence-electron chi connectivity index (χ4n) is 1.38. The van der Waals surface area contributed by atoms with Crippen molar-refractivity contribution in [2.45, 2.75) is 6.92 Å². The van der Waals surface area contributed by atoms with Crippen LogP contribution in [0.25, 0.3) is 5.65 Å². The van der Waals surface area contributed by atoms with Gasteiger partial charge in [0.2, 0.25) is 5.91 Å². The molecule has 2 rings (SSSR count). The smallest absolute Gasteiger partial charge is 0.337 e. The van der Waals surface area contributed by atoms with Crippen molar-refractivity contribution < 1.29 is 14.7 Å². The Morgan fingerprint density at radius 1 is 1.44 bits per heavy atom. The summed E-state index contributed by atoms with van der Waals surface area (Å²) in [6, 6.07) is 3.04. The molecule has 0 atom stereocenters. The molecule has 6 nitrogen and oxygen atoms in total. The average molecular weight is 219 g/mol. The molecule has 0 aliphatic rings. The van der Waals surface area contributed by atoms with E-state index in [1.807, 2.05) is 0 Å². The topological polar surface area (TPSA) is 83.7 Å². The van der Waals surface area contributed by atoms with Crippen molar-refractivity contribution in [1.82, 2.24) is 9.38 Å². The molecular weight excluding hydrogens is 210 g/mol. The first-order chi connectivity index (χ1) is 7.58. The molecule has 0 unspecified atom stereocenters. The summed E-state index contributed by atoms with van der Waals surface area (Å²) in [7, 11) is 0. The number of fused-ring (bicyclic) bond motifs is 1. The van der Waals surface area contributed by atoms with Gasteiger partial charge in [-0.1, -0.05) is 0 Å². The molecule has 0 radical (unpaired) electrons. The van der Waals surface area contributed by atoms with Crippen LogP contribution in [0.1, 0.15) is 17.3 Å². The molecule has 0 saturated carbocycles. The van der Waals surface area contributed by atoms with E-state index in [2.05, 4.69) is 10.3 Å². The van der Waals surface area contributed by atoms with Crippen LogP contribution in [0, 0.1) is 0 Å². The molecule has 0 fully saturated rings. The molecule has 2 N–H and O–H groups in total. The van der Waals surface area contributed by atoms with Crippen molar-refractivity contribution in [3.63, 3.8) is 0 Å². The first-order valence-electron chi connectivity index (χ1n) is 4.56. The van der Waals surface area contributed by atoms with Gasteiger partial charge in [0.1, 0.15) is 11.5 Å². The maximum Gasteiger partial charge on any atom is 0.337 e. The van der Waals surface area contributed by atoms with Gasteiger partial charge >= 0.3 is 5.97 Å². The summed E-state index contributed by atoms with van der Waals surface area (Å²) in [5.74, 6) is -0.808. The van der Waals surface area contributed by atoms with Crippen LogP contribution in [0.3, 0.4) is 0 Å². The molecule has 0 aliphatic carbocycles. The Bertz CT molecular complexity index is 574. The van der Waals surface area contributed by atoms with Gasteiger partial charge in [-0.2, -0.15) is 0 Å². The fourth-order valence-corrected chi connectivity index (χ4v) is 1.38. The third kappa shape index (κ3) is 1.72. The zero-order valence-corrected chi connectivity index (χ0v) is 8.47. The lowest BCUT2D eigenvalue weighted by Crippen LogP contribution is -2.08. The van der Waals surface area contributed by atoms with Crippen molar-refractivity contribution in [3.05, 3.63) is 30.1 Å². The second kappa shape index (κ2) is 3.65. The average Bonchev–Trinajstić information content (AvgIpc) is 2.60. The zero-order chi connectivity index (χ0) is 11.7. The second-order valence-corrected chi connectivity index (χ2v) is 3.28. The number of amides is 1. The molecule has 0 saturated heterocycles.